The van der Waals surface area contributed by atoms with Gasteiger partial charge in [0.15, 0.2) is 0 Å². The van der Waals surface area contributed by atoms with Crippen LogP contribution in [0.5, 0.6) is 0 Å². The lowest BCUT2D eigenvalue weighted by atomic mass is 10.1. The Morgan fingerprint density at radius 1 is 1.00 bits per heavy atom. The summed E-state index contributed by atoms with van der Waals surface area (Å²) in [5.41, 5.74) is 0. The number of rotatable bonds is 9. The Morgan fingerprint density at radius 2 is 1.76 bits per heavy atom. The molecule has 1 rings (SSSR count). The molecular formula is C15H31NS. The highest BCUT2D eigenvalue weighted by molar-refractivity contribution is 8.00. The molecule has 1 heterocycles. The molecule has 1 fully saturated rings. The molecule has 102 valence electrons. The van der Waals surface area contributed by atoms with Crippen molar-refractivity contribution in [1.82, 2.24) is 4.90 Å². The highest BCUT2D eigenvalue weighted by atomic mass is 32.2. The predicted molar refractivity (Wildman–Crippen MR) is 81.0 cm³/mol. The van der Waals surface area contributed by atoms with Crippen molar-refractivity contribution >= 4 is 11.8 Å². The van der Waals surface area contributed by atoms with Crippen LogP contribution in [0.15, 0.2) is 0 Å². The molecule has 0 amide bonds. The van der Waals surface area contributed by atoms with E-state index < -0.39 is 0 Å². The molecule has 0 aromatic carbocycles. The van der Waals surface area contributed by atoms with Gasteiger partial charge in [-0.05, 0) is 19.4 Å². The third kappa shape index (κ3) is 7.35. The maximum Gasteiger partial charge on any atom is 0.0175 e. The Balaban J connectivity index is 1.98. The van der Waals surface area contributed by atoms with E-state index in [4.69, 9.17) is 0 Å². The van der Waals surface area contributed by atoms with Crippen molar-refractivity contribution in [3.05, 3.63) is 0 Å². The lowest BCUT2D eigenvalue weighted by Crippen LogP contribution is -2.38. The molecule has 0 N–H and O–H groups in total. The van der Waals surface area contributed by atoms with Gasteiger partial charge in [-0.1, -0.05) is 52.4 Å². The van der Waals surface area contributed by atoms with Crippen molar-refractivity contribution in [2.45, 2.75) is 70.5 Å². The first-order valence-corrected chi connectivity index (χ1v) is 8.75. The summed E-state index contributed by atoms with van der Waals surface area (Å²) < 4.78 is 0. The molecule has 0 radical (unpaired) electrons. The van der Waals surface area contributed by atoms with Crippen LogP contribution in [-0.4, -0.2) is 35.5 Å². The molecule has 1 atom stereocenters. The summed E-state index contributed by atoms with van der Waals surface area (Å²) in [6.07, 6.45) is 11.3. The van der Waals surface area contributed by atoms with Gasteiger partial charge in [-0.3, -0.25) is 0 Å². The van der Waals surface area contributed by atoms with Gasteiger partial charge in [-0.15, -0.1) is 0 Å². The zero-order chi connectivity index (χ0) is 12.3. The molecule has 1 aliphatic rings. The zero-order valence-electron chi connectivity index (χ0n) is 11.9. The van der Waals surface area contributed by atoms with E-state index >= 15 is 0 Å². The third-order valence-electron chi connectivity index (χ3n) is 3.66. The molecule has 1 saturated heterocycles. The molecule has 2 heteroatoms. The second-order valence-electron chi connectivity index (χ2n) is 5.35. The van der Waals surface area contributed by atoms with Gasteiger partial charge in [-0.2, -0.15) is 11.8 Å². The molecule has 0 aromatic heterocycles. The average Bonchev–Trinajstić information content (AvgIpc) is 2.35. The molecule has 1 unspecified atom stereocenters. The van der Waals surface area contributed by atoms with Crippen LogP contribution in [0.3, 0.4) is 0 Å². The van der Waals surface area contributed by atoms with Gasteiger partial charge in [0.1, 0.15) is 0 Å². The highest BCUT2D eigenvalue weighted by Gasteiger charge is 2.18. The Labute approximate surface area is 113 Å². The molecule has 1 nitrogen and oxygen atoms in total. The first kappa shape index (κ1) is 15.4. The quantitative estimate of drug-likeness (QED) is 0.557. The third-order valence-corrected chi connectivity index (χ3v) is 4.94. The Bertz CT molecular complexity index is 170. The van der Waals surface area contributed by atoms with Gasteiger partial charge in [0.25, 0.3) is 0 Å². The number of hydrogen-bond donors (Lipinski definition) is 0. The van der Waals surface area contributed by atoms with Crippen LogP contribution in [0, 0.1) is 0 Å². The summed E-state index contributed by atoms with van der Waals surface area (Å²) >= 11 is 2.20. The van der Waals surface area contributed by atoms with E-state index in [0.717, 1.165) is 5.25 Å². The van der Waals surface area contributed by atoms with E-state index in [1.165, 1.54) is 76.8 Å². The van der Waals surface area contributed by atoms with Crippen molar-refractivity contribution in [2.75, 3.05) is 25.4 Å². The van der Waals surface area contributed by atoms with E-state index in [-0.39, 0.29) is 0 Å². The monoisotopic (exact) mass is 257 g/mol. The van der Waals surface area contributed by atoms with E-state index in [1.54, 1.807) is 0 Å². The fourth-order valence-electron chi connectivity index (χ4n) is 2.60. The molecular weight excluding hydrogens is 226 g/mol. The average molecular weight is 257 g/mol. The van der Waals surface area contributed by atoms with Crippen LogP contribution >= 0.6 is 11.8 Å². The molecule has 0 aliphatic carbocycles. The van der Waals surface area contributed by atoms with Gasteiger partial charge in [-0.25, -0.2) is 0 Å². The van der Waals surface area contributed by atoms with Gasteiger partial charge in [0, 0.05) is 24.1 Å². The largest absolute Gasteiger partial charge is 0.301 e. The van der Waals surface area contributed by atoms with Crippen molar-refractivity contribution in [3.8, 4) is 0 Å². The van der Waals surface area contributed by atoms with Crippen LogP contribution < -0.4 is 0 Å². The summed E-state index contributed by atoms with van der Waals surface area (Å²) in [6.45, 7) is 8.65. The van der Waals surface area contributed by atoms with Crippen LogP contribution in [0.25, 0.3) is 0 Å². The summed E-state index contributed by atoms with van der Waals surface area (Å²) in [7, 11) is 0. The molecule has 0 saturated carbocycles. The summed E-state index contributed by atoms with van der Waals surface area (Å²) in [6, 6.07) is 0. The summed E-state index contributed by atoms with van der Waals surface area (Å²) in [5.74, 6) is 1.36. The summed E-state index contributed by atoms with van der Waals surface area (Å²) in [4.78, 5) is 2.71. The first-order chi connectivity index (χ1) is 8.36. The van der Waals surface area contributed by atoms with E-state index in [2.05, 4.69) is 30.5 Å². The second-order valence-corrected chi connectivity index (χ2v) is 6.76. The minimum atomic E-state index is 0.925. The lowest BCUT2D eigenvalue weighted by molar-refractivity contribution is 0.272. The standard InChI is InChI=1S/C15H31NS/c1-3-5-6-7-8-9-11-16-12-13-17-15(14-16)10-4-2/h15H,3-14H2,1-2H3. The SMILES string of the molecule is CCCCCCCCN1CCSC(CCC)C1. The van der Waals surface area contributed by atoms with E-state index in [9.17, 15) is 0 Å². The molecule has 1 aliphatic heterocycles. The van der Waals surface area contributed by atoms with Gasteiger partial charge >= 0.3 is 0 Å². The van der Waals surface area contributed by atoms with Gasteiger partial charge < -0.3 is 4.90 Å². The smallest absolute Gasteiger partial charge is 0.0175 e. The predicted octanol–water partition coefficient (Wildman–Crippen LogP) is 4.56. The zero-order valence-corrected chi connectivity index (χ0v) is 12.7. The minimum Gasteiger partial charge on any atom is -0.301 e. The van der Waals surface area contributed by atoms with Crippen molar-refractivity contribution in [3.63, 3.8) is 0 Å². The Morgan fingerprint density at radius 3 is 2.53 bits per heavy atom. The number of thioether (sulfide) groups is 1. The molecule has 17 heavy (non-hydrogen) atoms. The Hall–Kier alpha value is 0.310. The van der Waals surface area contributed by atoms with Crippen LogP contribution in [0.1, 0.15) is 65.2 Å². The lowest BCUT2D eigenvalue weighted by Gasteiger charge is -2.32. The van der Waals surface area contributed by atoms with Crippen LogP contribution in [0.4, 0.5) is 0 Å². The maximum absolute atomic E-state index is 2.71. The molecule has 0 aromatic rings. The minimum absolute atomic E-state index is 0.925. The van der Waals surface area contributed by atoms with Gasteiger partial charge in [0.2, 0.25) is 0 Å². The van der Waals surface area contributed by atoms with Crippen LogP contribution in [-0.2, 0) is 0 Å². The van der Waals surface area contributed by atoms with Gasteiger partial charge in [0.05, 0.1) is 0 Å². The topological polar surface area (TPSA) is 3.24 Å². The summed E-state index contributed by atoms with van der Waals surface area (Å²) in [5, 5.41) is 0.925. The highest BCUT2D eigenvalue weighted by Crippen LogP contribution is 2.22. The van der Waals surface area contributed by atoms with E-state index in [1.807, 2.05) is 0 Å². The second kappa shape index (κ2) is 10.3. The van der Waals surface area contributed by atoms with Crippen molar-refractivity contribution in [2.24, 2.45) is 0 Å². The normalized spacial score (nSPS) is 21.9. The number of unbranched alkanes of at least 4 members (excludes halogenated alkanes) is 5. The first-order valence-electron chi connectivity index (χ1n) is 7.70. The fourth-order valence-corrected chi connectivity index (χ4v) is 4.01. The Kier molecular flexibility index (Phi) is 9.27. The van der Waals surface area contributed by atoms with Crippen LogP contribution in [0.2, 0.25) is 0 Å². The van der Waals surface area contributed by atoms with Crippen molar-refractivity contribution < 1.29 is 0 Å². The van der Waals surface area contributed by atoms with E-state index in [0.29, 0.717) is 0 Å². The van der Waals surface area contributed by atoms with Crippen molar-refractivity contribution in [1.29, 1.82) is 0 Å². The number of nitrogens with zero attached hydrogens (tertiary/aromatic N) is 1. The fraction of sp³-hybridized carbons (Fsp3) is 1.00. The molecule has 0 spiro atoms. The molecule has 0 bridgehead atoms. The maximum atomic E-state index is 2.71. The number of hydrogen-bond acceptors (Lipinski definition) is 2.